The lowest BCUT2D eigenvalue weighted by molar-refractivity contribution is -0.139. The van der Waals surface area contributed by atoms with Crippen LogP contribution in [0.2, 0.25) is 5.02 Å². The van der Waals surface area contributed by atoms with E-state index in [1.165, 1.54) is 0 Å². The van der Waals surface area contributed by atoms with Crippen LogP contribution in [-0.4, -0.2) is 19.0 Å². The summed E-state index contributed by atoms with van der Waals surface area (Å²) in [5, 5.41) is 2.63. The van der Waals surface area contributed by atoms with Gasteiger partial charge < -0.3 is 10.1 Å². The molecule has 6 heteroatoms. The molecule has 1 aromatic carbocycles. The molecule has 18 heavy (non-hydrogen) atoms. The summed E-state index contributed by atoms with van der Waals surface area (Å²) in [6.45, 7) is 1.83. The second kappa shape index (κ2) is 7.03. The van der Waals surface area contributed by atoms with Gasteiger partial charge in [0.05, 0.1) is 11.6 Å². The molecule has 0 aromatic heterocycles. The zero-order valence-electron chi connectivity index (χ0n) is 9.57. The Balaban J connectivity index is 3.23. The second-order valence-corrected chi connectivity index (χ2v) is 3.94. The molecule has 4 nitrogen and oxygen atoms in total. The quantitative estimate of drug-likeness (QED) is 0.514. The minimum absolute atomic E-state index is 0.0335. The highest BCUT2D eigenvalue weighted by Crippen LogP contribution is 2.28. The summed E-state index contributed by atoms with van der Waals surface area (Å²) in [6.07, 6.45) is 0.353. The van der Waals surface area contributed by atoms with Crippen molar-refractivity contribution in [3.63, 3.8) is 0 Å². The summed E-state index contributed by atoms with van der Waals surface area (Å²) in [7, 11) is 0. The van der Waals surface area contributed by atoms with Crippen molar-refractivity contribution in [1.82, 2.24) is 5.32 Å². The van der Waals surface area contributed by atoms with Gasteiger partial charge in [-0.3, -0.25) is 4.79 Å². The standard InChI is InChI=1S/C12H11Cl2NO3/c1-2-18-12(17)11(15-7-16)10(14)8-5-3-4-6-9(8)13/h3-7H,2H2,1H3,(H,15,16). The Morgan fingerprint density at radius 3 is 2.67 bits per heavy atom. The van der Waals surface area contributed by atoms with E-state index in [1.54, 1.807) is 31.2 Å². The Morgan fingerprint density at radius 1 is 1.44 bits per heavy atom. The van der Waals surface area contributed by atoms with Crippen molar-refractivity contribution in [1.29, 1.82) is 0 Å². The first kappa shape index (κ1) is 14.5. The fourth-order valence-corrected chi connectivity index (χ4v) is 1.82. The van der Waals surface area contributed by atoms with E-state index >= 15 is 0 Å². The van der Waals surface area contributed by atoms with Crippen molar-refractivity contribution in [3.8, 4) is 0 Å². The van der Waals surface area contributed by atoms with Crippen LogP contribution in [0.15, 0.2) is 30.0 Å². The number of hydrogen-bond acceptors (Lipinski definition) is 3. The fraction of sp³-hybridized carbons (Fsp3) is 0.167. The Labute approximate surface area is 115 Å². The van der Waals surface area contributed by atoms with Crippen LogP contribution in [0.4, 0.5) is 0 Å². The number of carbonyl (C=O) groups is 2. The first-order valence-corrected chi connectivity index (χ1v) is 5.89. The van der Waals surface area contributed by atoms with Crippen molar-refractivity contribution >= 4 is 40.6 Å². The normalized spacial score (nSPS) is 11.5. The molecule has 0 heterocycles. The third-order valence-corrected chi connectivity index (χ3v) is 2.73. The maximum Gasteiger partial charge on any atom is 0.356 e. The lowest BCUT2D eigenvalue weighted by Crippen LogP contribution is -2.22. The molecule has 0 radical (unpaired) electrons. The number of ether oxygens (including phenoxy) is 1. The number of rotatable bonds is 5. The van der Waals surface area contributed by atoms with E-state index in [-0.39, 0.29) is 17.3 Å². The highest BCUT2D eigenvalue weighted by atomic mass is 35.5. The van der Waals surface area contributed by atoms with Crippen LogP contribution in [0, 0.1) is 0 Å². The summed E-state index contributed by atoms with van der Waals surface area (Å²) in [5.41, 5.74) is 0.305. The van der Waals surface area contributed by atoms with E-state index in [4.69, 9.17) is 27.9 Å². The van der Waals surface area contributed by atoms with Crippen LogP contribution >= 0.6 is 23.2 Å². The van der Waals surface area contributed by atoms with Gasteiger partial charge in [-0.2, -0.15) is 0 Å². The molecular formula is C12H11Cl2NO3. The van der Waals surface area contributed by atoms with Gasteiger partial charge in [0.1, 0.15) is 5.70 Å². The maximum atomic E-state index is 11.6. The molecule has 0 fully saturated rings. The highest BCUT2D eigenvalue weighted by Gasteiger charge is 2.17. The number of hydrogen-bond donors (Lipinski definition) is 1. The molecule has 0 atom stereocenters. The van der Waals surface area contributed by atoms with Crippen molar-refractivity contribution < 1.29 is 14.3 Å². The molecule has 0 spiro atoms. The van der Waals surface area contributed by atoms with E-state index in [1.807, 2.05) is 0 Å². The van der Waals surface area contributed by atoms with Gasteiger partial charge in [-0.05, 0) is 13.0 Å². The molecule has 0 aliphatic heterocycles. The Morgan fingerprint density at radius 2 is 2.11 bits per heavy atom. The van der Waals surface area contributed by atoms with Crippen LogP contribution in [0.25, 0.3) is 5.03 Å². The second-order valence-electron chi connectivity index (χ2n) is 3.15. The van der Waals surface area contributed by atoms with Gasteiger partial charge in [-0.25, -0.2) is 4.79 Å². The van der Waals surface area contributed by atoms with Crippen LogP contribution in [-0.2, 0) is 14.3 Å². The summed E-state index contributed by atoms with van der Waals surface area (Å²) in [4.78, 5) is 22.1. The van der Waals surface area contributed by atoms with Crippen molar-refractivity contribution in [2.75, 3.05) is 6.61 Å². The van der Waals surface area contributed by atoms with Gasteiger partial charge in [0, 0.05) is 10.6 Å². The molecule has 0 saturated heterocycles. The van der Waals surface area contributed by atoms with E-state index in [9.17, 15) is 9.59 Å². The minimum atomic E-state index is -0.713. The third-order valence-electron chi connectivity index (χ3n) is 2.01. The zero-order valence-corrected chi connectivity index (χ0v) is 11.1. The summed E-state index contributed by atoms with van der Waals surface area (Å²) >= 11 is 12.0. The molecule has 0 unspecified atom stereocenters. The number of esters is 1. The Bertz CT molecular complexity index is 486. The molecule has 1 rings (SSSR count). The molecule has 0 bridgehead atoms. The number of amides is 1. The molecule has 96 valence electrons. The number of halogens is 2. The van der Waals surface area contributed by atoms with E-state index in [0.717, 1.165) is 0 Å². The average molecular weight is 288 g/mol. The molecule has 1 N–H and O–H groups in total. The lowest BCUT2D eigenvalue weighted by atomic mass is 10.2. The van der Waals surface area contributed by atoms with E-state index in [2.05, 4.69) is 5.32 Å². The molecule has 0 aliphatic carbocycles. The smallest absolute Gasteiger partial charge is 0.356 e. The molecule has 1 aromatic rings. The summed E-state index contributed by atoms with van der Waals surface area (Å²) in [5.74, 6) is -0.713. The van der Waals surface area contributed by atoms with Crippen LogP contribution < -0.4 is 5.32 Å². The summed E-state index contributed by atoms with van der Waals surface area (Å²) in [6, 6.07) is 6.71. The van der Waals surface area contributed by atoms with Crippen molar-refractivity contribution in [2.45, 2.75) is 6.92 Å². The number of nitrogens with one attached hydrogen (secondary N) is 1. The first-order valence-electron chi connectivity index (χ1n) is 5.13. The zero-order chi connectivity index (χ0) is 13.5. The minimum Gasteiger partial charge on any atom is -0.461 e. The lowest BCUT2D eigenvalue weighted by Gasteiger charge is -2.09. The van der Waals surface area contributed by atoms with E-state index < -0.39 is 5.97 Å². The van der Waals surface area contributed by atoms with Crippen molar-refractivity contribution in [2.24, 2.45) is 0 Å². The third kappa shape index (κ3) is 3.48. The van der Waals surface area contributed by atoms with Gasteiger partial charge in [0.25, 0.3) is 0 Å². The maximum absolute atomic E-state index is 11.6. The van der Waals surface area contributed by atoms with Crippen LogP contribution in [0.3, 0.4) is 0 Å². The predicted octanol–water partition coefficient (Wildman–Crippen LogP) is 2.56. The van der Waals surface area contributed by atoms with Gasteiger partial charge in [0.15, 0.2) is 0 Å². The first-order chi connectivity index (χ1) is 8.61. The summed E-state index contributed by atoms with van der Waals surface area (Å²) < 4.78 is 4.79. The SMILES string of the molecule is CCOC(=O)C(NC=O)=C(Cl)c1ccccc1Cl. The monoisotopic (exact) mass is 287 g/mol. The van der Waals surface area contributed by atoms with Crippen molar-refractivity contribution in [3.05, 3.63) is 40.5 Å². The number of benzene rings is 1. The number of carbonyl (C=O) groups excluding carboxylic acids is 2. The Kier molecular flexibility index (Phi) is 5.68. The Hall–Kier alpha value is -1.52. The average Bonchev–Trinajstić information content (AvgIpc) is 2.36. The van der Waals surface area contributed by atoms with Gasteiger partial charge >= 0.3 is 5.97 Å². The van der Waals surface area contributed by atoms with Crippen LogP contribution in [0.1, 0.15) is 12.5 Å². The molecule has 0 aliphatic rings. The fourth-order valence-electron chi connectivity index (χ4n) is 1.25. The van der Waals surface area contributed by atoms with Gasteiger partial charge in [-0.15, -0.1) is 0 Å². The molecule has 1 amide bonds. The van der Waals surface area contributed by atoms with E-state index in [0.29, 0.717) is 17.0 Å². The topological polar surface area (TPSA) is 55.4 Å². The van der Waals surface area contributed by atoms with Crippen LogP contribution in [0.5, 0.6) is 0 Å². The molecule has 0 saturated carbocycles. The highest BCUT2D eigenvalue weighted by molar-refractivity contribution is 6.52. The largest absolute Gasteiger partial charge is 0.461 e. The van der Waals surface area contributed by atoms with Gasteiger partial charge in [-0.1, -0.05) is 41.4 Å². The molecular weight excluding hydrogens is 277 g/mol. The predicted molar refractivity (Wildman–Crippen MR) is 70.1 cm³/mol. The van der Waals surface area contributed by atoms with Gasteiger partial charge in [0.2, 0.25) is 6.41 Å².